The molecule has 5 rings (SSSR count). The molecule has 2 saturated heterocycles. The van der Waals surface area contributed by atoms with Crippen LogP contribution in [0.5, 0.6) is 11.5 Å². The number of ether oxygens (including phenoxy) is 3. The van der Waals surface area contributed by atoms with Crippen molar-refractivity contribution < 1.29 is 36.6 Å². The van der Waals surface area contributed by atoms with E-state index in [2.05, 4.69) is 26.8 Å². The first kappa shape index (κ1) is 27.6. The van der Waals surface area contributed by atoms with Gasteiger partial charge in [-0.25, -0.2) is 32.5 Å². The summed E-state index contributed by atoms with van der Waals surface area (Å²) >= 11 is 0. The van der Waals surface area contributed by atoms with Crippen LogP contribution in [-0.4, -0.2) is 73.2 Å². The second kappa shape index (κ2) is 10.9. The number of carbonyl (C=O) groups is 1. The van der Waals surface area contributed by atoms with Gasteiger partial charge in [0.2, 0.25) is 5.95 Å². The zero-order valence-electron chi connectivity index (χ0n) is 21.8. The van der Waals surface area contributed by atoms with Crippen LogP contribution in [0.3, 0.4) is 0 Å². The van der Waals surface area contributed by atoms with Crippen molar-refractivity contribution in [2.45, 2.75) is 24.8 Å². The highest BCUT2D eigenvalue weighted by Crippen LogP contribution is 2.41. The molecular formula is C27H27F4N5O4. The SMILES string of the molecule is C=CC(=O)C[C@H]1CCOC[C@H]1Nc1ncc2cc(-c3c(F)c(OC)cc(OC)c3F)nc(N3CC(F)(F)C3)c2n1. The van der Waals surface area contributed by atoms with E-state index in [0.29, 0.717) is 25.0 Å². The standard InChI is InChI=1S/C27H27F4N5O4/c1-4-16(37)7-14-5-6-40-11-18(14)34-26-32-10-15-8-17(21-22(28)19(38-2)9-20(39-3)23(21)29)33-25(24(15)35-26)36-12-27(30,31)13-36/h4,8-10,14,18H,1,5-7,11-13H2,2-3H3,(H,32,34,35)/t14-,18-/m1/s1. The van der Waals surface area contributed by atoms with Gasteiger partial charge in [0.15, 0.2) is 34.7 Å². The second-order valence-electron chi connectivity index (χ2n) is 9.71. The van der Waals surface area contributed by atoms with E-state index < -0.39 is 36.2 Å². The molecule has 4 heterocycles. The average Bonchev–Trinajstić information content (AvgIpc) is 2.92. The quantitative estimate of drug-likeness (QED) is 0.301. The molecule has 0 unspecified atom stereocenters. The molecule has 212 valence electrons. The van der Waals surface area contributed by atoms with Crippen LogP contribution in [0.15, 0.2) is 31.0 Å². The number of rotatable bonds is 9. The number of benzene rings is 1. The number of halogens is 4. The third kappa shape index (κ3) is 5.25. The number of hydrogen-bond donors (Lipinski definition) is 1. The number of hydrogen-bond acceptors (Lipinski definition) is 9. The van der Waals surface area contributed by atoms with Crippen LogP contribution in [0.1, 0.15) is 12.8 Å². The summed E-state index contributed by atoms with van der Waals surface area (Å²) in [5.41, 5.74) is -0.497. The van der Waals surface area contributed by atoms with E-state index in [4.69, 9.17) is 14.2 Å². The number of methoxy groups -OCH3 is 2. The van der Waals surface area contributed by atoms with Crippen LogP contribution >= 0.6 is 0 Å². The number of ketones is 1. The van der Waals surface area contributed by atoms with Gasteiger partial charge in [0, 0.05) is 30.7 Å². The van der Waals surface area contributed by atoms with Gasteiger partial charge in [-0.05, 0) is 24.5 Å². The van der Waals surface area contributed by atoms with Gasteiger partial charge in [-0.15, -0.1) is 0 Å². The zero-order valence-corrected chi connectivity index (χ0v) is 21.8. The van der Waals surface area contributed by atoms with Crippen LogP contribution in [0.4, 0.5) is 29.3 Å². The lowest BCUT2D eigenvalue weighted by atomic mass is 9.90. The third-order valence-corrected chi connectivity index (χ3v) is 7.03. The Morgan fingerprint density at radius 1 is 1.20 bits per heavy atom. The molecule has 9 nitrogen and oxygen atoms in total. The van der Waals surface area contributed by atoms with E-state index in [0.717, 1.165) is 6.07 Å². The molecule has 0 radical (unpaired) electrons. The second-order valence-corrected chi connectivity index (χ2v) is 9.71. The highest BCUT2D eigenvalue weighted by molar-refractivity contribution is 5.93. The number of aromatic nitrogens is 3. The highest BCUT2D eigenvalue weighted by Gasteiger charge is 2.45. The summed E-state index contributed by atoms with van der Waals surface area (Å²) in [4.78, 5) is 26.5. The molecule has 1 aromatic carbocycles. The molecule has 13 heteroatoms. The minimum atomic E-state index is -2.95. The van der Waals surface area contributed by atoms with Gasteiger partial charge in [0.05, 0.1) is 51.2 Å². The van der Waals surface area contributed by atoms with Crippen molar-refractivity contribution in [3.8, 4) is 22.8 Å². The maximum Gasteiger partial charge on any atom is 0.282 e. The molecule has 2 aliphatic rings. The van der Waals surface area contributed by atoms with Crippen molar-refractivity contribution >= 4 is 28.5 Å². The van der Waals surface area contributed by atoms with Gasteiger partial charge >= 0.3 is 0 Å². The van der Waals surface area contributed by atoms with Gasteiger partial charge in [-0.1, -0.05) is 6.58 Å². The molecule has 2 aliphatic heterocycles. The summed E-state index contributed by atoms with van der Waals surface area (Å²) in [6, 6.07) is 2.15. The minimum Gasteiger partial charge on any atom is -0.494 e. The van der Waals surface area contributed by atoms with Gasteiger partial charge in [0.1, 0.15) is 5.52 Å². The summed E-state index contributed by atoms with van der Waals surface area (Å²) in [6.07, 6.45) is 3.61. The molecule has 0 amide bonds. The topological polar surface area (TPSA) is 98.7 Å². The summed E-state index contributed by atoms with van der Waals surface area (Å²) in [6.45, 7) is 3.07. The molecule has 0 saturated carbocycles. The largest absolute Gasteiger partial charge is 0.494 e. The van der Waals surface area contributed by atoms with Crippen molar-refractivity contribution in [1.82, 2.24) is 15.0 Å². The van der Waals surface area contributed by atoms with E-state index in [-0.39, 0.29) is 58.6 Å². The van der Waals surface area contributed by atoms with Gasteiger partial charge in [-0.2, -0.15) is 0 Å². The Morgan fingerprint density at radius 3 is 2.52 bits per heavy atom. The molecule has 0 spiro atoms. The van der Waals surface area contributed by atoms with E-state index >= 15 is 8.78 Å². The van der Waals surface area contributed by atoms with E-state index in [1.165, 1.54) is 37.5 Å². The number of fused-ring (bicyclic) bond motifs is 1. The molecule has 2 aromatic heterocycles. The number of nitrogens with zero attached hydrogens (tertiary/aromatic N) is 4. The van der Waals surface area contributed by atoms with Crippen molar-refractivity contribution in [1.29, 1.82) is 0 Å². The Bertz CT molecular complexity index is 1430. The Kier molecular flexibility index (Phi) is 7.49. The summed E-state index contributed by atoms with van der Waals surface area (Å²) < 4.78 is 73.9. The normalized spacial score (nSPS) is 20.1. The molecule has 2 fully saturated rings. The summed E-state index contributed by atoms with van der Waals surface area (Å²) in [5.74, 6) is -5.51. The summed E-state index contributed by atoms with van der Waals surface area (Å²) in [7, 11) is 2.44. The van der Waals surface area contributed by atoms with Crippen LogP contribution in [0.2, 0.25) is 0 Å². The van der Waals surface area contributed by atoms with Gasteiger partial charge in [-0.3, -0.25) is 4.79 Å². The fourth-order valence-corrected chi connectivity index (χ4v) is 4.91. The fourth-order valence-electron chi connectivity index (χ4n) is 4.91. The first-order valence-electron chi connectivity index (χ1n) is 12.5. The Morgan fingerprint density at radius 2 is 1.90 bits per heavy atom. The minimum absolute atomic E-state index is 0.0164. The molecule has 0 bridgehead atoms. The van der Waals surface area contributed by atoms with Crippen molar-refractivity contribution in [2.24, 2.45) is 5.92 Å². The molecule has 0 aliphatic carbocycles. The zero-order chi connectivity index (χ0) is 28.6. The number of nitrogens with one attached hydrogen (secondary N) is 1. The summed E-state index contributed by atoms with van der Waals surface area (Å²) in [5, 5.41) is 3.50. The number of pyridine rings is 1. The Labute approximate surface area is 227 Å². The van der Waals surface area contributed by atoms with Crippen LogP contribution in [0.25, 0.3) is 22.2 Å². The van der Waals surface area contributed by atoms with Crippen molar-refractivity contribution in [3.05, 3.63) is 42.6 Å². The lowest BCUT2D eigenvalue weighted by molar-refractivity contribution is -0.116. The molecule has 3 aromatic rings. The number of allylic oxidation sites excluding steroid dienone is 1. The first-order chi connectivity index (χ1) is 19.1. The number of alkyl halides is 2. The van der Waals surface area contributed by atoms with E-state index in [9.17, 15) is 13.6 Å². The van der Waals surface area contributed by atoms with Crippen LogP contribution in [0, 0.1) is 17.6 Å². The van der Waals surface area contributed by atoms with Crippen LogP contribution in [-0.2, 0) is 9.53 Å². The van der Waals surface area contributed by atoms with Gasteiger partial charge < -0.3 is 24.4 Å². The van der Waals surface area contributed by atoms with E-state index in [1.807, 2.05) is 0 Å². The van der Waals surface area contributed by atoms with Crippen LogP contribution < -0.4 is 19.7 Å². The highest BCUT2D eigenvalue weighted by atomic mass is 19.3. The first-order valence-corrected chi connectivity index (χ1v) is 12.5. The average molecular weight is 562 g/mol. The Balaban J connectivity index is 1.58. The lowest BCUT2D eigenvalue weighted by Crippen LogP contribution is -2.56. The van der Waals surface area contributed by atoms with E-state index in [1.54, 1.807) is 0 Å². The Hall–Kier alpha value is -4.00. The number of carbonyl (C=O) groups excluding carboxylic acids is 1. The molecular weight excluding hydrogens is 534 g/mol. The molecule has 1 N–H and O–H groups in total. The number of anilines is 2. The fraction of sp³-hybridized carbons (Fsp3) is 0.407. The third-order valence-electron chi connectivity index (χ3n) is 7.03. The van der Waals surface area contributed by atoms with Gasteiger partial charge in [0.25, 0.3) is 5.92 Å². The monoisotopic (exact) mass is 561 g/mol. The van der Waals surface area contributed by atoms with Crippen molar-refractivity contribution in [2.75, 3.05) is 50.7 Å². The predicted molar refractivity (Wildman–Crippen MR) is 139 cm³/mol. The maximum atomic E-state index is 15.3. The smallest absolute Gasteiger partial charge is 0.282 e. The maximum absolute atomic E-state index is 15.3. The molecule has 2 atom stereocenters. The van der Waals surface area contributed by atoms with Crippen molar-refractivity contribution in [3.63, 3.8) is 0 Å². The lowest BCUT2D eigenvalue weighted by Gasteiger charge is -2.40. The molecule has 40 heavy (non-hydrogen) atoms. The predicted octanol–water partition coefficient (Wildman–Crippen LogP) is 4.40.